The van der Waals surface area contributed by atoms with Gasteiger partial charge in [0.05, 0.1) is 5.41 Å². The first-order valence-corrected chi connectivity index (χ1v) is 8.61. The zero-order valence-electron chi connectivity index (χ0n) is 11.9. The van der Waals surface area contributed by atoms with E-state index in [4.69, 9.17) is 0 Å². The summed E-state index contributed by atoms with van der Waals surface area (Å²) in [4.78, 5) is 11.6. The fourth-order valence-electron chi connectivity index (χ4n) is 2.99. The van der Waals surface area contributed by atoms with Crippen LogP contribution in [0.3, 0.4) is 0 Å². The summed E-state index contributed by atoms with van der Waals surface area (Å²) in [6, 6.07) is 0. The van der Waals surface area contributed by atoms with Gasteiger partial charge in [-0.1, -0.05) is 33.1 Å². The van der Waals surface area contributed by atoms with E-state index in [0.29, 0.717) is 0 Å². The van der Waals surface area contributed by atoms with Gasteiger partial charge in [-0.05, 0) is 49.5 Å². The smallest absolute Gasteiger partial charge is 0.309 e. The summed E-state index contributed by atoms with van der Waals surface area (Å²) >= 11 is 1.87. The molecule has 0 unspecified atom stereocenters. The van der Waals surface area contributed by atoms with Crippen LogP contribution >= 0.6 is 11.8 Å². The number of carboxylic acid groups (broad SMARTS) is 1. The molecule has 1 rings (SSSR count). The Morgan fingerprint density at radius 3 is 2.50 bits per heavy atom. The predicted octanol–water partition coefficient (Wildman–Crippen LogP) is 4.58. The van der Waals surface area contributed by atoms with Crippen LogP contribution in [-0.2, 0) is 4.79 Å². The molecule has 2 nitrogen and oxygen atoms in total. The molecule has 1 aliphatic carbocycles. The van der Waals surface area contributed by atoms with Gasteiger partial charge in [-0.15, -0.1) is 0 Å². The topological polar surface area (TPSA) is 37.3 Å². The van der Waals surface area contributed by atoms with Crippen LogP contribution < -0.4 is 0 Å². The number of unbranched alkanes of at least 4 members (excludes halogenated alkanes) is 1. The van der Waals surface area contributed by atoms with Crippen LogP contribution in [0, 0.1) is 11.3 Å². The molecule has 0 aromatic carbocycles. The van der Waals surface area contributed by atoms with Crippen LogP contribution in [0.4, 0.5) is 0 Å². The summed E-state index contributed by atoms with van der Waals surface area (Å²) in [5, 5.41) is 9.54. The minimum absolute atomic E-state index is 0.398. The standard InChI is InChI=1S/C15H28O2S/c1-3-5-6-13-7-9-15(10-8-13,14(16)17)11-12-18-4-2/h13H,3-12H2,1-2H3,(H,16,17). The molecule has 18 heavy (non-hydrogen) atoms. The van der Waals surface area contributed by atoms with Gasteiger partial charge < -0.3 is 5.11 Å². The summed E-state index contributed by atoms with van der Waals surface area (Å²) in [7, 11) is 0. The second-order valence-corrected chi connectivity index (χ2v) is 7.01. The first-order chi connectivity index (χ1) is 8.64. The van der Waals surface area contributed by atoms with Gasteiger partial charge in [-0.3, -0.25) is 4.79 Å². The van der Waals surface area contributed by atoms with Crippen molar-refractivity contribution in [2.45, 2.75) is 65.2 Å². The number of rotatable bonds is 8. The second-order valence-electron chi connectivity index (χ2n) is 5.62. The highest BCUT2D eigenvalue weighted by molar-refractivity contribution is 7.99. The minimum Gasteiger partial charge on any atom is -0.481 e. The molecule has 1 aliphatic rings. The second kappa shape index (κ2) is 8.08. The molecule has 1 saturated carbocycles. The van der Waals surface area contributed by atoms with Crippen LogP contribution in [0.15, 0.2) is 0 Å². The van der Waals surface area contributed by atoms with Crippen molar-refractivity contribution in [1.82, 2.24) is 0 Å². The van der Waals surface area contributed by atoms with Gasteiger partial charge in [0.1, 0.15) is 0 Å². The molecular formula is C15H28O2S. The van der Waals surface area contributed by atoms with E-state index >= 15 is 0 Å². The van der Waals surface area contributed by atoms with E-state index in [1.54, 1.807) is 0 Å². The van der Waals surface area contributed by atoms with Gasteiger partial charge in [-0.2, -0.15) is 11.8 Å². The molecule has 106 valence electrons. The number of hydrogen-bond acceptors (Lipinski definition) is 2. The Kier molecular flexibility index (Phi) is 7.13. The molecule has 1 N–H and O–H groups in total. The molecule has 0 radical (unpaired) electrons. The van der Waals surface area contributed by atoms with Crippen LogP contribution in [0.25, 0.3) is 0 Å². The van der Waals surface area contributed by atoms with Gasteiger partial charge >= 0.3 is 5.97 Å². The van der Waals surface area contributed by atoms with Crippen LogP contribution in [-0.4, -0.2) is 22.6 Å². The van der Waals surface area contributed by atoms with Gasteiger partial charge in [0.25, 0.3) is 0 Å². The lowest BCUT2D eigenvalue weighted by Crippen LogP contribution is -2.36. The molecular weight excluding hydrogens is 244 g/mol. The summed E-state index contributed by atoms with van der Waals surface area (Å²) < 4.78 is 0. The fourth-order valence-corrected chi connectivity index (χ4v) is 3.82. The zero-order valence-corrected chi connectivity index (χ0v) is 12.7. The summed E-state index contributed by atoms with van der Waals surface area (Å²) in [6.45, 7) is 4.37. The van der Waals surface area contributed by atoms with E-state index in [9.17, 15) is 9.90 Å². The van der Waals surface area contributed by atoms with Crippen molar-refractivity contribution in [3.05, 3.63) is 0 Å². The highest BCUT2D eigenvalue weighted by Gasteiger charge is 2.41. The average molecular weight is 272 g/mol. The maximum Gasteiger partial charge on any atom is 0.309 e. The van der Waals surface area contributed by atoms with Crippen molar-refractivity contribution in [2.75, 3.05) is 11.5 Å². The molecule has 0 bridgehead atoms. The van der Waals surface area contributed by atoms with Crippen LogP contribution in [0.1, 0.15) is 65.2 Å². The molecule has 0 saturated heterocycles. The summed E-state index contributed by atoms with van der Waals surface area (Å²) in [6.07, 6.45) is 8.79. The summed E-state index contributed by atoms with van der Waals surface area (Å²) in [5.41, 5.74) is -0.398. The molecule has 0 aromatic heterocycles. The molecule has 1 fully saturated rings. The van der Waals surface area contributed by atoms with Crippen molar-refractivity contribution in [2.24, 2.45) is 11.3 Å². The third kappa shape index (κ3) is 4.49. The lowest BCUT2D eigenvalue weighted by molar-refractivity contribution is -0.151. The molecule has 0 amide bonds. The Morgan fingerprint density at radius 1 is 1.33 bits per heavy atom. The Bertz CT molecular complexity index is 245. The Balaban J connectivity index is 2.44. The van der Waals surface area contributed by atoms with E-state index in [2.05, 4.69) is 13.8 Å². The van der Waals surface area contributed by atoms with Crippen molar-refractivity contribution in [1.29, 1.82) is 0 Å². The SMILES string of the molecule is CCCCC1CCC(CCSCC)(C(=O)O)CC1. The number of carbonyl (C=O) groups is 1. The first-order valence-electron chi connectivity index (χ1n) is 7.45. The van der Waals surface area contributed by atoms with Crippen molar-refractivity contribution < 1.29 is 9.90 Å². The van der Waals surface area contributed by atoms with E-state index in [0.717, 1.165) is 49.5 Å². The molecule has 0 heterocycles. The Morgan fingerprint density at radius 2 is 2.00 bits per heavy atom. The molecule has 0 aromatic rings. The number of carboxylic acids is 1. The number of hydrogen-bond donors (Lipinski definition) is 1. The third-order valence-electron chi connectivity index (χ3n) is 4.41. The normalized spacial score (nSPS) is 28.2. The lowest BCUT2D eigenvalue weighted by atomic mass is 9.68. The van der Waals surface area contributed by atoms with Gasteiger partial charge in [-0.25, -0.2) is 0 Å². The van der Waals surface area contributed by atoms with Crippen LogP contribution in [0.5, 0.6) is 0 Å². The molecule has 0 atom stereocenters. The first kappa shape index (κ1) is 15.9. The monoisotopic (exact) mass is 272 g/mol. The lowest BCUT2D eigenvalue weighted by Gasteiger charge is -2.37. The Labute approximate surface area is 116 Å². The van der Waals surface area contributed by atoms with E-state index in [-0.39, 0.29) is 0 Å². The van der Waals surface area contributed by atoms with Crippen molar-refractivity contribution in [3.8, 4) is 0 Å². The zero-order chi connectivity index (χ0) is 13.4. The largest absolute Gasteiger partial charge is 0.481 e. The third-order valence-corrected chi connectivity index (χ3v) is 5.31. The van der Waals surface area contributed by atoms with Gasteiger partial charge in [0, 0.05) is 0 Å². The van der Waals surface area contributed by atoms with Gasteiger partial charge in [0.2, 0.25) is 0 Å². The highest BCUT2D eigenvalue weighted by atomic mass is 32.2. The maximum atomic E-state index is 11.6. The van der Waals surface area contributed by atoms with E-state index in [1.165, 1.54) is 19.3 Å². The number of thioether (sulfide) groups is 1. The average Bonchev–Trinajstić information content (AvgIpc) is 2.38. The van der Waals surface area contributed by atoms with Crippen molar-refractivity contribution >= 4 is 17.7 Å². The predicted molar refractivity (Wildman–Crippen MR) is 79.2 cm³/mol. The quantitative estimate of drug-likeness (QED) is 0.657. The highest BCUT2D eigenvalue weighted by Crippen LogP contribution is 2.43. The van der Waals surface area contributed by atoms with E-state index in [1.807, 2.05) is 11.8 Å². The summed E-state index contributed by atoms with van der Waals surface area (Å²) in [5.74, 6) is 2.33. The maximum absolute atomic E-state index is 11.6. The molecule has 0 aliphatic heterocycles. The van der Waals surface area contributed by atoms with Gasteiger partial charge in [0.15, 0.2) is 0 Å². The molecule has 0 spiro atoms. The van der Waals surface area contributed by atoms with Crippen LogP contribution in [0.2, 0.25) is 0 Å². The molecule has 3 heteroatoms. The fraction of sp³-hybridized carbons (Fsp3) is 0.933. The van der Waals surface area contributed by atoms with Crippen molar-refractivity contribution in [3.63, 3.8) is 0 Å². The number of aliphatic carboxylic acids is 1. The Hall–Kier alpha value is -0.180. The minimum atomic E-state index is -0.548. The van der Waals surface area contributed by atoms with E-state index < -0.39 is 11.4 Å².